The van der Waals surface area contributed by atoms with Crippen LogP contribution in [0.1, 0.15) is 66.1 Å². The Morgan fingerprint density at radius 3 is 2.04 bits per heavy atom. The molecular weight excluding hydrogens is 618 g/mol. The maximum Gasteiger partial charge on any atom is 0.169 e. The first-order valence-corrected chi connectivity index (χ1v) is 17.2. The number of fused-ring (bicyclic) bond motifs is 4. The zero-order valence-electron chi connectivity index (χ0n) is 27.6. The zero-order valence-corrected chi connectivity index (χ0v) is 29.2. The van der Waals surface area contributed by atoms with Crippen molar-refractivity contribution in [2.45, 2.75) is 57.7 Å². The molecule has 1 N–H and O–H groups in total. The predicted molar refractivity (Wildman–Crippen MR) is 188 cm³/mol. The van der Waals surface area contributed by atoms with E-state index in [0.717, 1.165) is 90.4 Å². The minimum absolute atomic E-state index is 0.118. The molecule has 0 aromatic heterocycles. The summed E-state index contributed by atoms with van der Waals surface area (Å²) in [5.74, 6) is 4.27. The van der Waals surface area contributed by atoms with Gasteiger partial charge in [0, 0.05) is 37.2 Å². The number of hydrogen-bond acceptors (Lipinski definition) is 6. The van der Waals surface area contributed by atoms with E-state index in [9.17, 15) is 0 Å². The van der Waals surface area contributed by atoms with Crippen LogP contribution in [0.4, 0.5) is 0 Å². The smallest absolute Gasteiger partial charge is 0.169 e. The van der Waals surface area contributed by atoms with E-state index < -0.39 is 0 Å². The summed E-state index contributed by atoms with van der Waals surface area (Å²) in [7, 11) is 6.86. The maximum absolute atomic E-state index is 6.14. The van der Waals surface area contributed by atoms with Gasteiger partial charge in [-0.15, -0.1) is 0 Å². The Morgan fingerprint density at radius 2 is 1.41 bits per heavy atom. The average molecular weight is 664 g/mol. The van der Waals surface area contributed by atoms with E-state index in [4.69, 9.17) is 42.8 Å². The number of ether oxygens (including phenoxy) is 4. The van der Waals surface area contributed by atoms with Crippen LogP contribution in [0, 0.1) is 11.8 Å². The summed E-state index contributed by atoms with van der Waals surface area (Å²) in [5, 5.41) is 5.09. The Balaban J connectivity index is 1.32. The van der Waals surface area contributed by atoms with Gasteiger partial charge in [0.25, 0.3) is 0 Å². The lowest BCUT2D eigenvalue weighted by atomic mass is 9.72. The second-order valence-electron chi connectivity index (χ2n) is 12.7. The molecule has 6 rings (SSSR count). The molecule has 0 spiro atoms. The summed E-state index contributed by atoms with van der Waals surface area (Å²) < 4.78 is 22.9. The summed E-state index contributed by atoms with van der Waals surface area (Å²) >= 11 is 12.3. The fourth-order valence-electron chi connectivity index (χ4n) is 7.95. The average Bonchev–Trinajstić information content (AvgIpc) is 3.09. The number of halogens is 1. The summed E-state index contributed by atoms with van der Waals surface area (Å²) in [6.45, 7) is 6.02. The van der Waals surface area contributed by atoms with Crippen LogP contribution < -0.4 is 24.3 Å². The van der Waals surface area contributed by atoms with Crippen molar-refractivity contribution in [3.05, 3.63) is 81.4 Å². The molecule has 0 radical (unpaired) electrons. The van der Waals surface area contributed by atoms with Crippen LogP contribution in [-0.4, -0.2) is 63.0 Å². The van der Waals surface area contributed by atoms with Crippen molar-refractivity contribution in [1.82, 2.24) is 15.1 Å². The summed E-state index contributed by atoms with van der Waals surface area (Å²) in [4.78, 5) is 5.12. The second kappa shape index (κ2) is 14.3. The fourth-order valence-corrected chi connectivity index (χ4v) is 8.37. The van der Waals surface area contributed by atoms with Gasteiger partial charge in [0.05, 0.1) is 34.5 Å². The van der Waals surface area contributed by atoms with Crippen molar-refractivity contribution < 1.29 is 18.9 Å². The Bertz CT molecular complexity index is 1550. The molecule has 7 nitrogen and oxygen atoms in total. The number of nitrogens with zero attached hydrogens (tertiary/aromatic N) is 2. The normalized spacial score (nSPS) is 22.3. The monoisotopic (exact) mass is 663 g/mol. The lowest BCUT2D eigenvalue weighted by Gasteiger charge is -2.49. The lowest BCUT2D eigenvalue weighted by molar-refractivity contribution is 0.0376. The van der Waals surface area contributed by atoms with Gasteiger partial charge in [-0.2, -0.15) is 0 Å². The lowest BCUT2D eigenvalue weighted by Crippen LogP contribution is -2.49. The fraction of sp³-hybridized carbons (Fsp3) is 0.486. The number of piperidine rings is 1. The van der Waals surface area contributed by atoms with E-state index in [1.807, 2.05) is 24.3 Å². The second-order valence-corrected chi connectivity index (χ2v) is 13.5. The number of benzene rings is 3. The topological polar surface area (TPSA) is 55.4 Å². The molecule has 246 valence electrons. The molecule has 0 amide bonds. The van der Waals surface area contributed by atoms with Gasteiger partial charge in [-0.1, -0.05) is 37.1 Å². The quantitative estimate of drug-likeness (QED) is 0.238. The van der Waals surface area contributed by atoms with Crippen molar-refractivity contribution in [2.75, 3.05) is 48.1 Å². The molecule has 3 aliphatic rings. The first-order valence-electron chi connectivity index (χ1n) is 16.4. The van der Waals surface area contributed by atoms with Gasteiger partial charge < -0.3 is 29.2 Å². The van der Waals surface area contributed by atoms with Crippen LogP contribution in [0.15, 0.2) is 48.5 Å². The van der Waals surface area contributed by atoms with Crippen LogP contribution in [0.3, 0.4) is 0 Å². The highest BCUT2D eigenvalue weighted by atomic mass is 35.5. The number of nitrogens with one attached hydrogen (secondary N) is 1. The molecule has 1 saturated heterocycles. The third kappa shape index (κ3) is 6.49. The van der Waals surface area contributed by atoms with Crippen LogP contribution in [0.25, 0.3) is 0 Å². The Morgan fingerprint density at radius 1 is 0.826 bits per heavy atom. The number of hydrogen-bond donors (Lipinski definition) is 1. The first kappa shape index (κ1) is 32.7. The maximum atomic E-state index is 6.14. The van der Waals surface area contributed by atoms with E-state index in [1.165, 1.54) is 22.3 Å². The highest BCUT2D eigenvalue weighted by Crippen LogP contribution is 2.49. The van der Waals surface area contributed by atoms with Gasteiger partial charge in [-0.25, -0.2) is 0 Å². The zero-order chi connectivity index (χ0) is 32.4. The summed E-state index contributed by atoms with van der Waals surface area (Å²) in [6, 6.07) is 17.2. The minimum Gasteiger partial charge on any atom is -0.493 e. The number of thiocarbonyl (C=S) groups is 1. The molecule has 3 heterocycles. The van der Waals surface area contributed by atoms with Gasteiger partial charge in [-0.3, -0.25) is 4.90 Å². The van der Waals surface area contributed by atoms with Crippen molar-refractivity contribution in [1.29, 1.82) is 0 Å². The highest BCUT2D eigenvalue weighted by molar-refractivity contribution is 7.80. The third-order valence-corrected chi connectivity index (χ3v) is 11.1. The molecule has 46 heavy (non-hydrogen) atoms. The van der Waals surface area contributed by atoms with Crippen LogP contribution in [0.5, 0.6) is 23.0 Å². The SMILES string of the molecule is CC[C@H]1CN2CCc3cc(OC)c(OC)cc3[C@@H]2C[C@@H]1C[C@@H]1c2cc(OC)c(OC)cc2CCN1C(=S)NCc1ccc(Cl)cc1. The molecule has 0 saturated carbocycles. The van der Waals surface area contributed by atoms with Gasteiger partial charge in [0.2, 0.25) is 0 Å². The Kier molecular flexibility index (Phi) is 10.2. The van der Waals surface area contributed by atoms with E-state index in [1.54, 1.807) is 28.4 Å². The molecule has 3 aromatic carbocycles. The molecule has 1 fully saturated rings. The number of methoxy groups -OCH3 is 4. The van der Waals surface area contributed by atoms with Gasteiger partial charge >= 0.3 is 0 Å². The van der Waals surface area contributed by atoms with Gasteiger partial charge in [-0.05, 0) is 114 Å². The third-order valence-electron chi connectivity index (χ3n) is 10.4. The Hall–Kier alpha value is -3.20. The molecule has 0 aliphatic carbocycles. The van der Waals surface area contributed by atoms with Crippen LogP contribution >= 0.6 is 23.8 Å². The molecule has 3 aromatic rings. The van der Waals surface area contributed by atoms with Gasteiger partial charge in [0.15, 0.2) is 28.1 Å². The molecule has 9 heteroatoms. The van der Waals surface area contributed by atoms with Crippen LogP contribution in [0.2, 0.25) is 5.02 Å². The molecule has 3 aliphatic heterocycles. The van der Waals surface area contributed by atoms with Crippen molar-refractivity contribution in [3.8, 4) is 23.0 Å². The van der Waals surface area contributed by atoms with E-state index in [0.29, 0.717) is 24.4 Å². The van der Waals surface area contributed by atoms with Crippen molar-refractivity contribution in [3.63, 3.8) is 0 Å². The van der Waals surface area contributed by atoms with E-state index >= 15 is 0 Å². The van der Waals surface area contributed by atoms with Gasteiger partial charge in [0.1, 0.15) is 0 Å². The minimum atomic E-state index is 0.118. The van der Waals surface area contributed by atoms with Crippen molar-refractivity contribution in [2.24, 2.45) is 11.8 Å². The Labute approximate surface area is 284 Å². The summed E-state index contributed by atoms with van der Waals surface area (Å²) in [5.41, 5.74) is 6.50. The standard InChI is InChI=1S/C37H46ClN3O4S/c1-6-24-22-40-13-11-25-17-33(42-2)35(44-4)19-29(25)31(40)15-27(24)16-32-30-20-36(45-5)34(43-3)18-26(30)12-14-41(32)37(46)39-21-23-7-9-28(38)10-8-23/h7-10,17-20,24,27,31-32H,6,11-16,21-22H2,1-5H3,(H,39,46)/t24-,27+,31-,32+/m0/s1. The largest absolute Gasteiger partial charge is 0.493 e. The summed E-state index contributed by atoms with van der Waals surface area (Å²) in [6.07, 6.45) is 5.18. The molecule has 0 bridgehead atoms. The molecular formula is C37H46ClN3O4S. The van der Waals surface area contributed by atoms with E-state index in [2.05, 4.69) is 46.3 Å². The van der Waals surface area contributed by atoms with Crippen molar-refractivity contribution >= 4 is 28.9 Å². The molecule has 0 unspecified atom stereocenters. The highest BCUT2D eigenvalue weighted by Gasteiger charge is 2.41. The first-order chi connectivity index (χ1) is 22.4. The molecule has 4 atom stereocenters. The predicted octanol–water partition coefficient (Wildman–Crippen LogP) is 7.38. The van der Waals surface area contributed by atoms with E-state index in [-0.39, 0.29) is 6.04 Å². The van der Waals surface area contributed by atoms with Crippen LogP contribution in [-0.2, 0) is 19.4 Å². The number of rotatable bonds is 9.